The molecule has 0 unspecified atom stereocenters. The van der Waals surface area contributed by atoms with Crippen molar-refractivity contribution in [2.45, 2.75) is 38.1 Å². The second-order valence-corrected chi connectivity index (χ2v) is 7.23. The van der Waals surface area contributed by atoms with Crippen LogP contribution in [0.15, 0.2) is 79.0 Å². The van der Waals surface area contributed by atoms with E-state index in [1.807, 2.05) is 0 Å². The summed E-state index contributed by atoms with van der Waals surface area (Å²) in [6.07, 6.45) is 9.00. The van der Waals surface area contributed by atoms with Crippen LogP contribution in [-0.4, -0.2) is 7.25 Å². The molecule has 0 bridgehead atoms. The SMILES string of the molecule is F[B-](F)(F)F.c1ccc(-c2cc[n+](C3CCCCC3)c(-c3ccccc3)c2)cc1. The minimum atomic E-state index is -6.00. The topological polar surface area (TPSA) is 3.88 Å². The fourth-order valence-electron chi connectivity index (χ4n) is 3.84. The fraction of sp³-hybridized carbons (Fsp3) is 0.261. The van der Waals surface area contributed by atoms with Crippen LogP contribution < -0.4 is 4.57 Å². The minimum absolute atomic E-state index is 0.638. The Balaban J connectivity index is 0.000000431. The highest BCUT2D eigenvalue weighted by atomic mass is 19.5. The predicted molar refractivity (Wildman–Crippen MR) is 110 cm³/mol. The summed E-state index contributed by atoms with van der Waals surface area (Å²) in [6, 6.07) is 26.8. The van der Waals surface area contributed by atoms with Crippen molar-refractivity contribution in [3.05, 3.63) is 79.0 Å². The van der Waals surface area contributed by atoms with Crippen molar-refractivity contribution in [2.75, 3.05) is 0 Å². The average Bonchev–Trinajstić information content (AvgIpc) is 2.74. The Morgan fingerprint density at radius 1 is 0.655 bits per heavy atom. The van der Waals surface area contributed by atoms with Crippen molar-refractivity contribution in [2.24, 2.45) is 0 Å². The third-order valence-corrected chi connectivity index (χ3v) is 5.13. The molecule has 2 aromatic carbocycles. The Kier molecular flexibility index (Phi) is 7.07. The van der Waals surface area contributed by atoms with Crippen LogP contribution in [-0.2, 0) is 0 Å². The van der Waals surface area contributed by atoms with E-state index in [9.17, 15) is 17.3 Å². The lowest BCUT2D eigenvalue weighted by Gasteiger charge is -2.20. The van der Waals surface area contributed by atoms with Gasteiger partial charge in [0.2, 0.25) is 5.69 Å². The molecule has 0 amide bonds. The number of hydrogen-bond donors (Lipinski definition) is 0. The zero-order valence-electron chi connectivity index (χ0n) is 16.2. The van der Waals surface area contributed by atoms with Gasteiger partial charge in [0.1, 0.15) is 0 Å². The first-order chi connectivity index (χ1) is 13.9. The molecule has 1 nitrogen and oxygen atoms in total. The summed E-state index contributed by atoms with van der Waals surface area (Å²) in [5, 5.41) is 0. The summed E-state index contributed by atoms with van der Waals surface area (Å²) >= 11 is 0. The molecule has 0 radical (unpaired) electrons. The van der Waals surface area contributed by atoms with Crippen LogP contribution >= 0.6 is 0 Å². The molecule has 1 heterocycles. The summed E-state index contributed by atoms with van der Waals surface area (Å²) in [6.45, 7) is 0. The van der Waals surface area contributed by atoms with Crippen LogP contribution in [0.1, 0.15) is 38.1 Å². The van der Waals surface area contributed by atoms with Crippen molar-refractivity contribution < 1.29 is 21.8 Å². The minimum Gasteiger partial charge on any atom is -0.418 e. The van der Waals surface area contributed by atoms with Crippen molar-refractivity contribution in [3.63, 3.8) is 0 Å². The van der Waals surface area contributed by atoms with E-state index in [0.717, 1.165) is 0 Å². The van der Waals surface area contributed by atoms with Gasteiger partial charge in [0, 0.05) is 30.5 Å². The molecule has 1 saturated carbocycles. The van der Waals surface area contributed by atoms with Gasteiger partial charge in [-0.2, -0.15) is 4.57 Å². The molecule has 1 aliphatic rings. The normalized spacial score (nSPS) is 14.8. The van der Waals surface area contributed by atoms with Gasteiger partial charge in [-0.05, 0) is 36.1 Å². The van der Waals surface area contributed by atoms with E-state index in [0.29, 0.717) is 6.04 Å². The number of halogens is 4. The van der Waals surface area contributed by atoms with E-state index in [2.05, 4.69) is 83.6 Å². The van der Waals surface area contributed by atoms with Gasteiger partial charge in [0.05, 0.1) is 0 Å². The first-order valence-electron chi connectivity index (χ1n) is 9.95. The lowest BCUT2D eigenvalue weighted by molar-refractivity contribution is -0.715. The molecular formula is C23H24BF4N. The molecule has 0 atom stereocenters. The Morgan fingerprint density at radius 3 is 1.72 bits per heavy atom. The van der Waals surface area contributed by atoms with Crippen LogP contribution in [0.4, 0.5) is 17.3 Å². The standard InChI is InChI=1S/C23H24N.BF4/c1-4-10-19(11-5-1)21-16-17-24(22-14-8-3-9-15-22)23(18-21)20-12-6-2-7-13-20;2-1(3,4)5/h1-2,4-7,10-13,16-18,22H,3,8-9,14-15H2;/q+1;-1. The Hall–Kier alpha value is -2.63. The monoisotopic (exact) mass is 401 g/mol. The Bertz CT molecular complexity index is 886. The lowest BCUT2D eigenvalue weighted by atomic mass is 9.93. The molecule has 4 rings (SSSR count). The number of hydrogen-bond acceptors (Lipinski definition) is 0. The summed E-state index contributed by atoms with van der Waals surface area (Å²) in [5.41, 5.74) is 5.22. The van der Waals surface area contributed by atoms with E-state index in [4.69, 9.17) is 0 Å². The van der Waals surface area contributed by atoms with Crippen LogP contribution in [0, 0.1) is 0 Å². The van der Waals surface area contributed by atoms with Gasteiger partial charge >= 0.3 is 7.25 Å². The molecule has 29 heavy (non-hydrogen) atoms. The Morgan fingerprint density at radius 2 is 1.17 bits per heavy atom. The molecular weight excluding hydrogens is 377 g/mol. The van der Waals surface area contributed by atoms with Crippen LogP contribution in [0.5, 0.6) is 0 Å². The second kappa shape index (κ2) is 9.72. The molecule has 3 aromatic rings. The number of rotatable bonds is 3. The summed E-state index contributed by atoms with van der Waals surface area (Å²) < 4.78 is 41.5. The zero-order chi connectivity index (χ0) is 20.7. The van der Waals surface area contributed by atoms with E-state index in [1.165, 1.54) is 54.5 Å². The van der Waals surface area contributed by atoms with Gasteiger partial charge in [-0.25, -0.2) is 0 Å². The molecule has 0 N–H and O–H groups in total. The van der Waals surface area contributed by atoms with E-state index >= 15 is 0 Å². The molecule has 0 saturated heterocycles. The highest BCUT2D eigenvalue weighted by molar-refractivity contribution is 6.50. The second-order valence-electron chi connectivity index (χ2n) is 7.23. The summed E-state index contributed by atoms with van der Waals surface area (Å²) in [7, 11) is -6.00. The van der Waals surface area contributed by atoms with Gasteiger partial charge < -0.3 is 17.3 Å². The van der Waals surface area contributed by atoms with Crippen molar-refractivity contribution in [1.82, 2.24) is 0 Å². The van der Waals surface area contributed by atoms with Gasteiger partial charge in [-0.15, -0.1) is 0 Å². The molecule has 152 valence electrons. The molecule has 6 heteroatoms. The average molecular weight is 401 g/mol. The molecule has 1 aromatic heterocycles. The first kappa shape index (κ1) is 21.1. The maximum Gasteiger partial charge on any atom is 0.673 e. The first-order valence-corrected chi connectivity index (χ1v) is 9.95. The van der Waals surface area contributed by atoms with Gasteiger partial charge in [-0.3, -0.25) is 0 Å². The van der Waals surface area contributed by atoms with Crippen LogP contribution in [0.25, 0.3) is 22.4 Å². The van der Waals surface area contributed by atoms with Crippen LogP contribution in [0.3, 0.4) is 0 Å². The third kappa shape index (κ3) is 6.45. The third-order valence-electron chi connectivity index (χ3n) is 5.13. The van der Waals surface area contributed by atoms with Gasteiger partial charge in [0.25, 0.3) is 0 Å². The number of benzene rings is 2. The van der Waals surface area contributed by atoms with Crippen LogP contribution in [0.2, 0.25) is 0 Å². The maximum absolute atomic E-state index is 9.75. The predicted octanol–water partition coefficient (Wildman–Crippen LogP) is 7.11. The zero-order valence-corrected chi connectivity index (χ0v) is 16.2. The Labute approximate surface area is 169 Å². The van der Waals surface area contributed by atoms with Crippen molar-refractivity contribution >= 4 is 7.25 Å². The van der Waals surface area contributed by atoms with Gasteiger partial charge in [-0.1, -0.05) is 55.0 Å². The molecule has 0 aliphatic heterocycles. The molecule has 1 fully saturated rings. The van der Waals surface area contributed by atoms with E-state index < -0.39 is 7.25 Å². The number of aromatic nitrogens is 1. The number of nitrogens with zero attached hydrogens (tertiary/aromatic N) is 1. The van der Waals surface area contributed by atoms with E-state index in [1.54, 1.807) is 0 Å². The highest BCUT2D eigenvalue weighted by Crippen LogP contribution is 2.29. The lowest BCUT2D eigenvalue weighted by Crippen LogP contribution is -2.42. The summed E-state index contributed by atoms with van der Waals surface area (Å²) in [4.78, 5) is 0. The van der Waals surface area contributed by atoms with E-state index in [-0.39, 0.29) is 0 Å². The highest BCUT2D eigenvalue weighted by Gasteiger charge is 2.26. The van der Waals surface area contributed by atoms with Crippen molar-refractivity contribution in [1.29, 1.82) is 0 Å². The van der Waals surface area contributed by atoms with Gasteiger partial charge in [0.15, 0.2) is 12.2 Å². The quantitative estimate of drug-likeness (QED) is 0.250. The number of pyridine rings is 1. The summed E-state index contributed by atoms with van der Waals surface area (Å²) in [5.74, 6) is 0. The molecule has 0 spiro atoms. The fourth-order valence-corrected chi connectivity index (χ4v) is 3.84. The maximum atomic E-state index is 9.75. The smallest absolute Gasteiger partial charge is 0.418 e. The largest absolute Gasteiger partial charge is 0.673 e. The molecule has 1 aliphatic carbocycles. The van der Waals surface area contributed by atoms with Crippen molar-refractivity contribution in [3.8, 4) is 22.4 Å².